The monoisotopic (exact) mass is 254 g/mol. The molecule has 0 amide bonds. The third-order valence-electron chi connectivity index (χ3n) is 2.99. The summed E-state index contributed by atoms with van der Waals surface area (Å²) in [6.07, 6.45) is 4.29. The second-order valence-electron chi connectivity index (χ2n) is 4.32. The molecule has 0 aliphatic carbocycles. The molecule has 96 valence electrons. The van der Waals surface area contributed by atoms with Gasteiger partial charge in [-0.25, -0.2) is 15.0 Å². The molecule has 3 aromatic rings. The van der Waals surface area contributed by atoms with Crippen LogP contribution in [0.5, 0.6) is 0 Å². The molecule has 0 aliphatic rings. The summed E-state index contributed by atoms with van der Waals surface area (Å²) in [6, 6.07) is 3.81. The number of anilines is 2. The van der Waals surface area contributed by atoms with Gasteiger partial charge in [0, 0.05) is 22.8 Å². The van der Waals surface area contributed by atoms with E-state index in [2.05, 4.69) is 19.9 Å². The number of aromatic nitrogens is 4. The number of hydrogen-bond acceptors (Lipinski definition) is 5. The highest BCUT2D eigenvalue weighted by atomic mass is 15.0. The first kappa shape index (κ1) is 11.5. The number of hydrogen-bond donors (Lipinski definition) is 3. The molecule has 0 saturated heterocycles. The van der Waals surface area contributed by atoms with Crippen LogP contribution in [0.25, 0.3) is 22.3 Å². The van der Waals surface area contributed by atoms with Crippen molar-refractivity contribution >= 4 is 22.7 Å². The number of fused-ring (bicyclic) bond motifs is 1. The summed E-state index contributed by atoms with van der Waals surface area (Å²) in [7, 11) is 0. The van der Waals surface area contributed by atoms with Gasteiger partial charge in [0.15, 0.2) is 0 Å². The van der Waals surface area contributed by atoms with E-state index in [-0.39, 0.29) is 5.95 Å². The fourth-order valence-corrected chi connectivity index (χ4v) is 2.07. The van der Waals surface area contributed by atoms with E-state index >= 15 is 0 Å². The summed E-state index contributed by atoms with van der Waals surface area (Å²) in [5.41, 5.74) is 15.5. The molecule has 0 aromatic carbocycles. The molecule has 0 saturated carbocycles. The number of aryl methyl sites for hydroxylation is 1. The van der Waals surface area contributed by atoms with Crippen LogP contribution in [0.1, 0.15) is 12.6 Å². The maximum absolute atomic E-state index is 5.78. The van der Waals surface area contributed by atoms with Gasteiger partial charge in [0.2, 0.25) is 5.95 Å². The van der Waals surface area contributed by atoms with E-state index < -0.39 is 0 Å². The third-order valence-corrected chi connectivity index (χ3v) is 2.99. The highest BCUT2D eigenvalue weighted by molar-refractivity contribution is 5.94. The molecule has 0 spiro atoms. The Hall–Kier alpha value is -2.63. The third kappa shape index (κ3) is 1.97. The minimum atomic E-state index is 0.278. The van der Waals surface area contributed by atoms with Crippen LogP contribution in [-0.4, -0.2) is 19.9 Å². The maximum atomic E-state index is 5.78. The molecule has 0 aliphatic heterocycles. The molecule has 0 fully saturated rings. The Bertz CT molecular complexity index is 746. The van der Waals surface area contributed by atoms with Gasteiger partial charge >= 0.3 is 0 Å². The molecule has 3 heterocycles. The first-order valence-corrected chi connectivity index (χ1v) is 6.03. The average molecular weight is 254 g/mol. The van der Waals surface area contributed by atoms with E-state index in [1.54, 1.807) is 6.20 Å². The van der Waals surface area contributed by atoms with E-state index in [1.165, 1.54) is 0 Å². The Labute approximate surface area is 109 Å². The van der Waals surface area contributed by atoms with Crippen molar-refractivity contribution in [2.75, 3.05) is 11.5 Å². The fraction of sp³-hybridized carbons (Fsp3) is 0.154. The van der Waals surface area contributed by atoms with Crippen molar-refractivity contribution in [2.24, 2.45) is 0 Å². The Morgan fingerprint density at radius 2 is 2.05 bits per heavy atom. The van der Waals surface area contributed by atoms with Crippen LogP contribution in [0.15, 0.2) is 24.5 Å². The van der Waals surface area contributed by atoms with E-state index in [4.69, 9.17) is 11.5 Å². The smallest absolute Gasteiger partial charge is 0.220 e. The van der Waals surface area contributed by atoms with Crippen LogP contribution in [0.3, 0.4) is 0 Å². The Balaban J connectivity index is 2.24. The zero-order valence-electron chi connectivity index (χ0n) is 10.5. The van der Waals surface area contributed by atoms with Gasteiger partial charge in [0.05, 0.1) is 17.6 Å². The number of nitrogens with one attached hydrogen (secondary N) is 1. The second kappa shape index (κ2) is 4.24. The summed E-state index contributed by atoms with van der Waals surface area (Å²) in [5, 5.41) is 0.931. The second-order valence-corrected chi connectivity index (χ2v) is 4.32. The lowest BCUT2D eigenvalue weighted by atomic mass is 10.1. The normalized spacial score (nSPS) is 11.0. The summed E-state index contributed by atoms with van der Waals surface area (Å²) < 4.78 is 0. The minimum absolute atomic E-state index is 0.278. The van der Waals surface area contributed by atoms with Crippen LogP contribution >= 0.6 is 0 Å². The zero-order chi connectivity index (χ0) is 13.4. The van der Waals surface area contributed by atoms with Crippen LogP contribution in [0.4, 0.5) is 11.6 Å². The van der Waals surface area contributed by atoms with Crippen molar-refractivity contribution in [3.8, 4) is 11.3 Å². The van der Waals surface area contributed by atoms with Gasteiger partial charge in [0.25, 0.3) is 0 Å². The largest absolute Gasteiger partial charge is 0.397 e. The first-order chi connectivity index (χ1) is 9.17. The van der Waals surface area contributed by atoms with Crippen LogP contribution in [-0.2, 0) is 6.42 Å². The number of rotatable bonds is 2. The quantitative estimate of drug-likeness (QED) is 0.645. The zero-order valence-corrected chi connectivity index (χ0v) is 10.5. The number of nitrogen functional groups attached to an aromatic ring is 2. The van der Waals surface area contributed by atoms with Gasteiger partial charge in [-0.15, -0.1) is 0 Å². The molecule has 0 atom stereocenters. The molecule has 3 rings (SSSR count). The molecule has 0 unspecified atom stereocenters. The Kier molecular flexibility index (Phi) is 2.56. The lowest BCUT2D eigenvalue weighted by Crippen LogP contribution is -2.00. The van der Waals surface area contributed by atoms with Crippen molar-refractivity contribution in [3.63, 3.8) is 0 Å². The van der Waals surface area contributed by atoms with E-state index in [1.807, 2.05) is 25.3 Å². The molecule has 0 bridgehead atoms. The standard InChI is InChI=1S/C13H14N6/c1-2-8-4-11(19-13(15)18-8)10-6-17-12-9(10)3-7(14)5-16-12/h3-6H,2,14H2,1H3,(H,16,17)(H2,15,18,19). The van der Waals surface area contributed by atoms with Gasteiger partial charge in [0.1, 0.15) is 5.65 Å². The number of nitrogens with zero attached hydrogens (tertiary/aromatic N) is 3. The minimum Gasteiger partial charge on any atom is -0.397 e. The van der Waals surface area contributed by atoms with Gasteiger partial charge in [-0.1, -0.05) is 6.92 Å². The van der Waals surface area contributed by atoms with Crippen molar-refractivity contribution in [2.45, 2.75) is 13.3 Å². The SMILES string of the molecule is CCc1cc(-c2c[nH]c3ncc(N)cc23)nc(N)n1. The number of aromatic amines is 1. The molecular formula is C13H14N6. The van der Waals surface area contributed by atoms with Crippen molar-refractivity contribution in [1.29, 1.82) is 0 Å². The average Bonchev–Trinajstić information content (AvgIpc) is 2.80. The van der Waals surface area contributed by atoms with E-state index in [0.717, 1.165) is 34.4 Å². The molecule has 6 heteroatoms. The molecule has 5 N–H and O–H groups in total. The highest BCUT2D eigenvalue weighted by Gasteiger charge is 2.10. The maximum Gasteiger partial charge on any atom is 0.220 e. The van der Waals surface area contributed by atoms with E-state index in [9.17, 15) is 0 Å². The predicted molar refractivity (Wildman–Crippen MR) is 75.3 cm³/mol. The fourth-order valence-electron chi connectivity index (χ4n) is 2.07. The van der Waals surface area contributed by atoms with Gasteiger partial charge in [-0.2, -0.15) is 0 Å². The molecular weight excluding hydrogens is 240 g/mol. The lowest BCUT2D eigenvalue weighted by molar-refractivity contribution is 1.01. The number of nitrogens with two attached hydrogens (primary N) is 2. The first-order valence-electron chi connectivity index (χ1n) is 6.03. The van der Waals surface area contributed by atoms with Crippen LogP contribution < -0.4 is 11.5 Å². The topological polar surface area (TPSA) is 106 Å². The number of H-pyrrole nitrogens is 1. The number of pyridine rings is 1. The van der Waals surface area contributed by atoms with Crippen LogP contribution in [0, 0.1) is 0 Å². The Morgan fingerprint density at radius 1 is 1.21 bits per heavy atom. The molecule has 6 nitrogen and oxygen atoms in total. The Morgan fingerprint density at radius 3 is 2.84 bits per heavy atom. The molecule has 3 aromatic heterocycles. The summed E-state index contributed by atoms with van der Waals surface area (Å²) in [5.74, 6) is 0.278. The van der Waals surface area contributed by atoms with Gasteiger partial charge in [-0.3, -0.25) is 0 Å². The predicted octanol–water partition coefficient (Wildman–Crippen LogP) is 1.75. The van der Waals surface area contributed by atoms with Gasteiger partial charge in [-0.05, 0) is 18.6 Å². The van der Waals surface area contributed by atoms with E-state index in [0.29, 0.717) is 5.69 Å². The highest BCUT2D eigenvalue weighted by Crippen LogP contribution is 2.28. The summed E-state index contributed by atoms with van der Waals surface area (Å²) >= 11 is 0. The van der Waals surface area contributed by atoms with Gasteiger partial charge < -0.3 is 16.5 Å². The molecule has 19 heavy (non-hydrogen) atoms. The van der Waals surface area contributed by atoms with Crippen molar-refractivity contribution < 1.29 is 0 Å². The summed E-state index contributed by atoms with van der Waals surface area (Å²) in [4.78, 5) is 15.8. The van der Waals surface area contributed by atoms with Crippen LogP contribution in [0.2, 0.25) is 0 Å². The summed E-state index contributed by atoms with van der Waals surface area (Å²) in [6.45, 7) is 2.03. The lowest BCUT2D eigenvalue weighted by Gasteiger charge is -2.03. The van der Waals surface area contributed by atoms with Crippen molar-refractivity contribution in [3.05, 3.63) is 30.2 Å². The molecule has 0 radical (unpaired) electrons. The van der Waals surface area contributed by atoms with Crippen molar-refractivity contribution in [1.82, 2.24) is 19.9 Å².